The highest BCUT2D eigenvalue weighted by Crippen LogP contribution is 2.24. The lowest BCUT2D eigenvalue weighted by molar-refractivity contribution is 0.131. The van der Waals surface area contributed by atoms with Crippen LogP contribution in [0.15, 0.2) is 24.3 Å². The number of benzene rings is 1. The van der Waals surface area contributed by atoms with Crippen LogP contribution in [0.3, 0.4) is 0 Å². The lowest BCUT2D eigenvalue weighted by Gasteiger charge is -2.36. The summed E-state index contributed by atoms with van der Waals surface area (Å²) >= 11 is 0. The number of likely N-dealkylation sites (tertiary alicyclic amines) is 1. The van der Waals surface area contributed by atoms with Gasteiger partial charge < -0.3 is 5.32 Å². The molecule has 0 bridgehead atoms. The van der Waals surface area contributed by atoms with Gasteiger partial charge >= 0.3 is 0 Å². The molecule has 0 spiro atoms. The first-order valence-electron chi connectivity index (χ1n) is 8.30. The van der Waals surface area contributed by atoms with Crippen molar-refractivity contribution < 1.29 is 0 Å². The number of rotatable bonds is 7. The van der Waals surface area contributed by atoms with E-state index >= 15 is 0 Å². The zero-order valence-electron chi connectivity index (χ0n) is 13.2. The number of nitrogens with zero attached hydrogens (tertiary/aromatic N) is 1. The molecule has 1 fully saturated rings. The minimum atomic E-state index is 0.811. The first-order chi connectivity index (χ1) is 9.85. The van der Waals surface area contributed by atoms with Gasteiger partial charge in [0, 0.05) is 12.6 Å². The maximum atomic E-state index is 3.26. The van der Waals surface area contributed by atoms with Gasteiger partial charge in [-0.1, -0.05) is 44.0 Å². The van der Waals surface area contributed by atoms with Gasteiger partial charge in [0.1, 0.15) is 0 Å². The van der Waals surface area contributed by atoms with E-state index in [-0.39, 0.29) is 0 Å². The van der Waals surface area contributed by atoms with Crippen molar-refractivity contribution in [3.63, 3.8) is 0 Å². The molecule has 0 radical (unpaired) electrons. The van der Waals surface area contributed by atoms with Crippen molar-refractivity contribution in [3.05, 3.63) is 35.4 Å². The lowest BCUT2D eigenvalue weighted by Crippen LogP contribution is -2.39. The number of piperidine rings is 1. The Balaban J connectivity index is 2.03. The highest BCUT2D eigenvalue weighted by Gasteiger charge is 2.22. The van der Waals surface area contributed by atoms with Crippen LogP contribution in [0, 0.1) is 0 Å². The van der Waals surface area contributed by atoms with Crippen LogP contribution in [0.2, 0.25) is 0 Å². The van der Waals surface area contributed by atoms with E-state index in [4.69, 9.17) is 0 Å². The molecule has 20 heavy (non-hydrogen) atoms. The van der Waals surface area contributed by atoms with Gasteiger partial charge in [-0.25, -0.2) is 0 Å². The van der Waals surface area contributed by atoms with E-state index in [2.05, 4.69) is 41.4 Å². The Morgan fingerprint density at radius 3 is 2.75 bits per heavy atom. The van der Waals surface area contributed by atoms with Gasteiger partial charge in [0.15, 0.2) is 0 Å². The third-order valence-electron chi connectivity index (χ3n) is 4.51. The van der Waals surface area contributed by atoms with Crippen molar-refractivity contribution in [3.8, 4) is 0 Å². The molecular formula is C18H30N2. The summed E-state index contributed by atoms with van der Waals surface area (Å²) in [6, 6.07) is 9.80. The molecular weight excluding hydrogens is 244 g/mol. The summed E-state index contributed by atoms with van der Waals surface area (Å²) in [6.07, 6.45) is 7.99. The van der Waals surface area contributed by atoms with E-state index in [1.54, 1.807) is 0 Å². The maximum absolute atomic E-state index is 3.26. The zero-order valence-corrected chi connectivity index (χ0v) is 13.2. The Labute approximate surface area is 124 Å². The van der Waals surface area contributed by atoms with Gasteiger partial charge in [0.2, 0.25) is 0 Å². The third-order valence-corrected chi connectivity index (χ3v) is 4.51. The molecule has 2 heteroatoms. The molecule has 2 rings (SSSR count). The fraction of sp³-hybridized carbons (Fsp3) is 0.667. The monoisotopic (exact) mass is 274 g/mol. The van der Waals surface area contributed by atoms with Crippen LogP contribution in [0.1, 0.15) is 50.2 Å². The second-order valence-electron chi connectivity index (χ2n) is 6.03. The predicted octanol–water partition coefficient (Wildman–Crippen LogP) is 3.60. The maximum Gasteiger partial charge on any atom is 0.0239 e. The van der Waals surface area contributed by atoms with Gasteiger partial charge in [-0.3, -0.25) is 4.90 Å². The molecule has 1 unspecified atom stereocenters. The van der Waals surface area contributed by atoms with Crippen molar-refractivity contribution in [1.82, 2.24) is 10.2 Å². The molecule has 1 heterocycles. The normalized spacial score (nSPS) is 20.2. The number of hydrogen-bond acceptors (Lipinski definition) is 2. The Bertz CT molecular complexity index is 387. The predicted molar refractivity (Wildman–Crippen MR) is 87.0 cm³/mol. The molecule has 0 amide bonds. The van der Waals surface area contributed by atoms with Crippen LogP contribution < -0.4 is 5.32 Å². The molecule has 1 atom stereocenters. The largest absolute Gasteiger partial charge is 0.319 e. The molecule has 0 aliphatic carbocycles. The van der Waals surface area contributed by atoms with Gasteiger partial charge in [-0.05, 0) is 56.9 Å². The fourth-order valence-corrected chi connectivity index (χ4v) is 3.36. The van der Waals surface area contributed by atoms with Crippen molar-refractivity contribution in [2.75, 3.05) is 20.1 Å². The van der Waals surface area contributed by atoms with Crippen LogP contribution in [-0.4, -0.2) is 31.1 Å². The van der Waals surface area contributed by atoms with Gasteiger partial charge in [-0.15, -0.1) is 0 Å². The second-order valence-corrected chi connectivity index (χ2v) is 6.03. The SMILES string of the molecule is CCCC1CCCCN1Cc1ccccc1CCNC. The Hall–Kier alpha value is -0.860. The summed E-state index contributed by atoms with van der Waals surface area (Å²) in [5.41, 5.74) is 3.05. The zero-order chi connectivity index (χ0) is 14.2. The van der Waals surface area contributed by atoms with E-state index in [0.717, 1.165) is 25.6 Å². The average molecular weight is 274 g/mol. The molecule has 1 aliphatic rings. The van der Waals surface area contributed by atoms with E-state index < -0.39 is 0 Å². The lowest BCUT2D eigenvalue weighted by atomic mass is 9.96. The van der Waals surface area contributed by atoms with Crippen LogP contribution in [0.5, 0.6) is 0 Å². The van der Waals surface area contributed by atoms with E-state index in [1.165, 1.54) is 49.8 Å². The quantitative estimate of drug-likeness (QED) is 0.817. The summed E-state index contributed by atoms with van der Waals surface area (Å²) in [6.45, 7) is 5.80. The van der Waals surface area contributed by atoms with E-state index in [0.29, 0.717) is 0 Å². The minimum Gasteiger partial charge on any atom is -0.319 e. The summed E-state index contributed by atoms with van der Waals surface area (Å²) < 4.78 is 0. The highest BCUT2D eigenvalue weighted by atomic mass is 15.2. The van der Waals surface area contributed by atoms with Crippen molar-refractivity contribution in [2.45, 2.75) is 58.0 Å². The smallest absolute Gasteiger partial charge is 0.0239 e. The van der Waals surface area contributed by atoms with Crippen LogP contribution >= 0.6 is 0 Å². The molecule has 112 valence electrons. The molecule has 0 saturated carbocycles. The van der Waals surface area contributed by atoms with Crippen molar-refractivity contribution in [1.29, 1.82) is 0 Å². The number of likely N-dealkylation sites (N-methyl/N-ethyl adjacent to an activating group) is 1. The summed E-state index contributed by atoms with van der Waals surface area (Å²) in [5, 5.41) is 3.26. The summed E-state index contributed by atoms with van der Waals surface area (Å²) in [5.74, 6) is 0. The topological polar surface area (TPSA) is 15.3 Å². The Morgan fingerprint density at radius 2 is 2.00 bits per heavy atom. The molecule has 1 saturated heterocycles. The van der Waals surface area contributed by atoms with Crippen LogP contribution in [-0.2, 0) is 13.0 Å². The van der Waals surface area contributed by atoms with Crippen molar-refractivity contribution >= 4 is 0 Å². The molecule has 2 nitrogen and oxygen atoms in total. The molecule has 1 N–H and O–H groups in total. The van der Waals surface area contributed by atoms with E-state index in [9.17, 15) is 0 Å². The van der Waals surface area contributed by atoms with E-state index in [1.807, 2.05) is 7.05 Å². The summed E-state index contributed by atoms with van der Waals surface area (Å²) in [7, 11) is 2.03. The molecule has 1 aromatic carbocycles. The number of nitrogens with one attached hydrogen (secondary N) is 1. The van der Waals surface area contributed by atoms with Gasteiger partial charge in [-0.2, -0.15) is 0 Å². The average Bonchev–Trinajstić information content (AvgIpc) is 2.49. The Morgan fingerprint density at radius 1 is 1.20 bits per heavy atom. The second kappa shape index (κ2) is 8.43. The molecule has 1 aliphatic heterocycles. The minimum absolute atomic E-state index is 0.811. The first-order valence-corrected chi connectivity index (χ1v) is 8.30. The third kappa shape index (κ3) is 4.32. The van der Waals surface area contributed by atoms with Gasteiger partial charge in [0.05, 0.1) is 0 Å². The van der Waals surface area contributed by atoms with Crippen LogP contribution in [0.4, 0.5) is 0 Å². The van der Waals surface area contributed by atoms with Crippen LogP contribution in [0.25, 0.3) is 0 Å². The fourth-order valence-electron chi connectivity index (χ4n) is 3.36. The molecule has 1 aromatic rings. The Kier molecular flexibility index (Phi) is 6.55. The first kappa shape index (κ1) is 15.5. The summed E-state index contributed by atoms with van der Waals surface area (Å²) in [4.78, 5) is 2.73. The van der Waals surface area contributed by atoms with Gasteiger partial charge in [0.25, 0.3) is 0 Å². The van der Waals surface area contributed by atoms with Crippen molar-refractivity contribution in [2.24, 2.45) is 0 Å². The standard InChI is InChI=1S/C18H30N2/c1-3-8-18-11-6-7-14-20(18)15-17-10-5-4-9-16(17)12-13-19-2/h4-5,9-10,18-19H,3,6-8,11-15H2,1-2H3. The molecule has 0 aromatic heterocycles. The number of hydrogen-bond donors (Lipinski definition) is 1. The highest BCUT2D eigenvalue weighted by molar-refractivity contribution is 5.27.